The van der Waals surface area contributed by atoms with Gasteiger partial charge in [0.25, 0.3) is 11.8 Å². The predicted octanol–water partition coefficient (Wildman–Crippen LogP) is 7.47. The third kappa shape index (κ3) is 6.27. The summed E-state index contributed by atoms with van der Waals surface area (Å²) in [7, 11) is 0. The number of aliphatic carboxylic acids is 1. The van der Waals surface area contributed by atoms with Crippen molar-refractivity contribution in [1.29, 1.82) is 0 Å². The standard InChI is InChI=1S/C33H25BrN2O4/c34-27-16-17-29(35-32(39)26-15-12-22-8-4-5-9-25(22)18-26)28(19-27)33(40)36-30(20-31(37)38)24-13-10-23(11-14-24)21-6-2-1-3-7-21/h1-19,30H,20H2,(H,35,39)(H,36,40)(H,37,38). The van der Waals surface area contributed by atoms with Crippen LogP contribution in [0.15, 0.2) is 120 Å². The summed E-state index contributed by atoms with van der Waals surface area (Å²) < 4.78 is 0.642. The molecule has 0 radical (unpaired) electrons. The van der Waals surface area contributed by atoms with E-state index in [4.69, 9.17) is 0 Å². The summed E-state index contributed by atoms with van der Waals surface area (Å²) in [5.41, 5.74) is 3.65. The molecular weight excluding hydrogens is 568 g/mol. The summed E-state index contributed by atoms with van der Waals surface area (Å²) in [4.78, 5) is 38.3. The molecule has 0 saturated carbocycles. The lowest BCUT2D eigenvalue weighted by molar-refractivity contribution is -0.137. The third-order valence-electron chi connectivity index (χ3n) is 6.59. The highest BCUT2D eigenvalue weighted by Crippen LogP contribution is 2.27. The average Bonchev–Trinajstić information content (AvgIpc) is 2.97. The van der Waals surface area contributed by atoms with Gasteiger partial charge < -0.3 is 15.7 Å². The number of fused-ring (bicyclic) bond motifs is 1. The van der Waals surface area contributed by atoms with E-state index >= 15 is 0 Å². The maximum atomic E-state index is 13.5. The van der Waals surface area contributed by atoms with Gasteiger partial charge in [-0.1, -0.05) is 101 Å². The van der Waals surface area contributed by atoms with Crippen LogP contribution in [0, 0.1) is 0 Å². The summed E-state index contributed by atoms with van der Waals surface area (Å²) in [6, 6.07) is 34.6. The van der Waals surface area contributed by atoms with Crippen molar-refractivity contribution < 1.29 is 19.5 Å². The number of benzene rings is 5. The van der Waals surface area contributed by atoms with Gasteiger partial charge in [-0.05, 0) is 57.8 Å². The van der Waals surface area contributed by atoms with Crippen molar-refractivity contribution in [3.8, 4) is 11.1 Å². The Morgan fingerprint density at radius 1 is 0.700 bits per heavy atom. The minimum atomic E-state index is -1.04. The van der Waals surface area contributed by atoms with E-state index in [-0.39, 0.29) is 17.9 Å². The molecule has 0 spiro atoms. The van der Waals surface area contributed by atoms with Crippen LogP contribution in [0.1, 0.15) is 38.7 Å². The molecule has 0 bridgehead atoms. The Morgan fingerprint density at radius 3 is 2.10 bits per heavy atom. The summed E-state index contributed by atoms with van der Waals surface area (Å²) in [5.74, 6) is -1.91. The van der Waals surface area contributed by atoms with Gasteiger partial charge in [0.2, 0.25) is 0 Å². The normalized spacial score (nSPS) is 11.5. The zero-order chi connectivity index (χ0) is 28.1. The number of carboxylic acid groups (broad SMARTS) is 1. The molecule has 1 unspecified atom stereocenters. The molecule has 0 heterocycles. The molecule has 198 valence electrons. The van der Waals surface area contributed by atoms with Gasteiger partial charge in [0.05, 0.1) is 23.7 Å². The molecular formula is C33H25BrN2O4. The van der Waals surface area contributed by atoms with Gasteiger partial charge in [-0.2, -0.15) is 0 Å². The van der Waals surface area contributed by atoms with E-state index in [1.54, 1.807) is 30.3 Å². The fourth-order valence-corrected chi connectivity index (χ4v) is 4.90. The van der Waals surface area contributed by atoms with Gasteiger partial charge in [-0.15, -0.1) is 0 Å². The Kier molecular flexibility index (Phi) is 8.03. The number of hydrogen-bond acceptors (Lipinski definition) is 3. The van der Waals surface area contributed by atoms with E-state index < -0.39 is 17.9 Å². The minimum absolute atomic E-state index is 0.208. The molecule has 40 heavy (non-hydrogen) atoms. The molecule has 0 aromatic heterocycles. The lowest BCUT2D eigenvalue weighted by atomic mass is 9.98. The molecule has 0 saturated heterocycles. The molecule has 5 rings (SSSR count). The molecule has 5 aromatic rings. The molecule has 6 nitrogen and oxygen atoms in total. The maximum Gasteiger partial charge on any atom is 0.305 e. The second-order valence-corrected chi connectivity index (χ2v) is 10.2. The maximum absolute atomic E-state index is 13.5. The molecule has 0 aliphatic carbocycles. The Bertz CT molecular complexity index is 1700. The smallest absolute Gasteiger partial charge is 0.305 e. The van der Waals surface area contributed by atoms with E-state index in [9.17, 15) is 19.5 Å². The van der Waals surface area contributed by atoms with Crippen LogP contribution >= 0.6 is 15.9 Å². The SMILES string of the molecule is O=C(O)CC(NC(=O)c1cc(Br)ccc1NC(=O)c1ccc2ccccc2c1)c1ccc(-c2ccccc2)cc1. The Balaban J connectivity index is 1.38. The lowest BCUT2D eigenvalue weighted by Gasteiger charge is -2.19. The number of carbonyl (C=O) groups excluding carboxylic acids is 2. The number of rotatable bonds is 8. The lowest BCUT2D eigenvalue weighted by Crippen LogP contribution is -2.31. The topological polar surface area (TPSA) is 95.5 Å². The number of carboxylic acids is 1. The highest BCUT2D eigenvalue weighted by atomic mass is 79.9. The average molecular weight is 593 g/mol. The minimum Gasteiger partial charge on any atom is -0.481 e. The van der Waals surface area contributed by atoms with Gasteiger partial charge in [0.1, 0.15) is 0 Å². The number of nitrogens with one attached hydrogen (secondary N) is 2. The first-order valence-corrected chi connectivity index (χ1v) is 13.4. The highest BCUT2D eigenvalue weighted by Gasteiger charge is 2.22. The van der Waals surface area contributed by atoms with Crippen molar-refractivity contribution in [1.82, 2.24) is 5.32 Å². The number of carbonyl (C=O) groups is 3. The number of halogens is 1. The zero-order valence-corrected chi connectivity index (χ0v) is 22.9. The number of amides is 2. The van der Waals surface area contributed by atoms with Crippen molar-refractivity contribution >= 4 is 50.2 Å². The molecule has 3 N–H and O–H groups in total. The number of hydrogen-bond donors (Lipinski definition) is 3. The summed E-state index contributed by atoms with van der Waals surface area (Å²) in [5, 5.41) is 17.2. The van der Waals surface area contributed by atoms with Gasteiger partial charge in [0, 0.05) is 10.0 Å². The van der Waals surface area contributed by atoms with E-state index in [0.29, 0.717) is 21.3 Å². The van der Waals surface area contributed by atoms with Crippen molar-refractivity contribution in [3.05, 3.63) is 136 Å². The van der Waals surface area contributed by atoms with E-state index in [0.717, 1.165) is 21.9 Å². The first-order valence-electron chi connectivity index (χ1n) is 12.6. The van der Waals surface area contributed by atoms with Crippen LogP contribution in [0.3, 0.4) is 0 Å². The Labute approximate surface area is 239 Å². The van der Waals surface area contributed by atoms with Gasteiger partial charge in [0.15, 0.2) is 0 Å². The van der Waals surface area contributed by atoms with Gasteiger partial charge in [-0.25, -0.2) is 0 Å². The molecule has 0 aliphatic heterocycles. The van der Waals surface area contributed by atoms with Crippen LogP contribution in [0.4, 0.5) is 5.69 Å². The molecule has 0 fully saturated rings. The molecule has 1 atom stereocenters. The predicted molar refractivity (Wildman–Crippen MR) is 160 cm³/mol. The highest BCUT2D eigenvalue weighted by molar-refractivity contribution is 9.10. The quantitative estimate of drug-likeness (QED) is 0.174. The van der Waals surface area contributed by atoms with Crippen molar-refractivity contribution in [2.75, 3.05) is 5.32 Å². The molecule has 2 amide bonds. The van der Waals surface area contributed by atoms with Crippen LogP contribution in [0.5, 0.6) is 0 Å². The molecule has 7 heteroatoms. The second-order valence-electron chi connectivity index (χ2n) is 9.32. The van der Waals surface area contributed by atoms with Crippen LogP contribution in [0.2, 0.25) is 0 Å². The van der Waals surface area contributed by atoms with Crippen LogP contribution < -0.4 is 10.6 Å². The van der Waals surface area contributed by atoms with Gasteiger partial charge >= 0.3 is 5.97 Å². The Morgan fingerprint density at radius 2 is 1.38 bits per heavy atom. The van der Waals surface area contributed by atoms with E-state index in [1.807, 2.05) is 84.9 Å². The first kappa shape index (κ1) is 26.8. The Hall–Kier alpha value is -4.75. The third-order valence-corrected chi connectivity index (χ3v) is 7.08. The first-order chi connectivity index (χ1) is 19.4. The van der Waals surface area contributed by atoms with Crippen molar-refractivity contribution in [2.45, 2.75) is 12.5 Å². The summed E-state index contributed by atoms with van der Waals surface area (Å²) >= 11 is 3.40. The van der Waals surface area contributed by atoms with Crippen LogP contribution in [-0.4, -0.2) is 22.9 Å². The molecule has 5 aromatic carbocycles. The van der Waals surface area contributed by atoms with Crippen molar-refractivity contribution in [2.24, 2.45) is 0 Å². The van der Waals surface area contributed by atoms with Crippen molar-refractivity contribution in [3.63, 3.8) is 0 Å². The fraction of sp³-hybridized carbons (Fsp3) is 0.0606. The monoisotopic (exact) mass is 592 g/mol. The fourth-order valence-electron chi connectivity index (χ4n) is 4.54. The van der Waals surface area contributed by atoms with E-state index in [2.05, 4.69) is 26.6 Å². The van der Waals surface area contributed by atoms with E-state index in [1.165, 1.54) is 0 Å². The summed E-state index contributed by atoms with van der Waals surface area (Å²) in [6.07, 6.45) is -0.302. The summed E-state index contributed by atoms with van der Waals surface area (Å²) in [6.45, 7) is 0. The van der Waals surface area contributed by atoms with Crippen LogP contribution in [-0.2, 0) is 4.79 Å². The number of anilines is 1. The molecule has 0 aliphatic rings. The van der Waals surface area contributed by atoms with Gasteiger partial charge in [-0.3, -0.25) is 14.4 Å². The van der Waals surface area contributed by atoms with Crippen LogP contribution in [0.25, 0.3) is 21.9 Å². The largest absolute Gasteiger partial charge is 0.481 e. The zero-order valence-electron chi connectivity index (χ0n) is 21.3. The second kappa shape index (κ2) is 12.0.